The first-order valence-corrected chi connectivity index (χ1v) is 7.13. The van der Waals surface area contributed by atoms with Crippen molar-refractivity contribution in [1.82, 2.24) is 15.1 Å². The van der Waals surface area contributed by atoms with Crippen LogP contribution in [0.3, 0.4) is 0 Å². The molecule has 0 radical (unpaired) electrons. The average molecular weight is 337 g/mol. The number of hydrogen-bond acceptors (Lipinski definition) is 4. The number of ether oxygens (including phenoxy) is 1. The lowest BCUT2D eigenvalue weighted by Gasteiger charge is -2.17. The van der Waals surface area contributed by atoms with Crippen LogP contribution in [0.25, 0.3) is 0 Å². The fourth-order valence-corrected chi connectivity index (χ4v) is 2.25. The van der Waals surface area contributed by atoms with Crippen LogP contribution in [0, 0.1) is 6.92 Å². The van der Waals surface area contributed by atoms with Gasteiger partial charge in [-0.25, -0.2) is 0 Å². The zero-order chi connectivity index (χ0) is 17.1. The van der Waals surface area contributed by atoms with Gasteiger partial charge in [0.05, 0.1) is 18.4 Å². The molecule has 2 amide bonds. The normalized spacial score (nSPS) is 10.3. The predicted molar refractivity (Wildman–Crippen MR) is 87.3 cm³/mol. The number of aromatic amines is 1. The van der Waals surface area contributed by atoms with Gasteiger partial charge >= 0.3 is 0 Å². The fraction of sp³-hybridized carbons (Fsp3) is 0.267. The van der Waals surface area contributed by atoms with Crippen molar-refractivity contribution < 1.29 is 14.3 Å². The van der Waals surface area contributed by atoms with Crippen LogP contribution in [0.1, 0.15) is 26.5 Å². The van der Waals surface area contributed by atoms with Gasteiger partial charge in [-0.15, -0.1) is 0 Å². The molecule has 0 saturated carbocycles. The van der Waals surface area contributed by atoms with Crippen LogP contribution in [0.5, 0.6) is 5.75 Å². The summed E-state index contributed by atoms with van der Waals surface area (Å²) in [6.45, 7) is 1.79. The fourth-order valence-electron chi connectivity index (χ4n) is 2.03. The molecular weight excluding hydrogens is 320 g/mol. The summed E-state index contributed by atoms with van der Waals surface area (Å²) in [7, 11) is 4.66. The van der Waals surface area contributed by atoms with E-state index < -0.39 is 5.91 Å². The first kappa shape index (κ1) is 16.8. The van der Waals surface area contributed by atoms with E-state index in [1.807, 2.05) is 0 Å². The monoisotopic (exact) mass is 336 g/mol. The summed E-state index contributed by atoms with van der Waals surface area (Å²) in [6, 6.07) is 4.62. The van der Waals surface area contributed by atoms with Gasteiger partial charge in [0.15, 0.2) is 11.4 Å². The number of methoxy groups -OCH3 is 1. The number of hydrogen-bond donors (Lipinski definition) is 2. The minimum atomic E-state index is -0.432. The lowest BCUT2D eigenvalue weighted by atomic mass is 10.1. The lowest BCUT2D eigenvalue weighted by Crippen LogP contribution is -2.23. The smallest absolute Gasteiger partial charge is 0.276 e. The zero-order valence-electron chi connectivity index (χ0n) is 13.2. The van der Waals surface area contributed by atoms with Crippen molar-refractivity contribution in [2.75, 3.05) is 26.5 Å². The molecular formula is C15H17ClN4O3. The molecule has 0 atom stereocenters. The number of carbonyl (C=O) groups excluding carboxylic acids is 2. The summed E-state index contributed by atoms with van der Waals surface area (Å²) in [5, 5.41) is 9.55. The maximum Gasteiger partial charge on any atom is 0.276 e. The van der Waals surface area contributed by atoms with Gasteiger partial charge in [-0.2, -0.15) is 5.10 Å². The Bertz CT molecular complexity index is 755. The maximum atomic E-state index is 12.2. The number of halogens is 1. The summed E-state index contributed by atoms with van der Waals surface area (Å²) in [5.41, 5.74) is 1.55. The van der Waals surface area contributed by atoms with Crippen LogP contribution >= 0.6 is 11.6 Å². The van der Waals surface area contributed by atoms with Crippen molar-refractivity contribution in [2.45, 2.75) is 6.92 Å². The Morgan fingerprint density at radius 1 is 1.30 bits per heavy atom. The van der Waals surface area contributed by atoms with Gasteiger partial charge in [0, 0.05) is 24.8 Å². The van der Waals surface area contributed by atoms with Gasteiger partial charge in [0.2, 0.25) is 0 Å². The highest BCUT2D eigenvalue weighted by molar-refractivity contribution is 6.31. The predicted octanol–water partition coefficient (Wildman–Crippen LogP) is 2.33. The zero-order valence-corrected chi connectivity index (χ0v) is 14.0. The van der Waals surface area contributed by atoms with Crippen molar-refractivity contribution in [1.29, 1.82) is 0 Å². The van der Waals surface area contributed by atoms with E-state index >= 15 is 0 Å². The Kier molecular flexibility index (Phi) is 4.90. The third-order valence-electron chi connectivity index (χ3n) is 3.08. The van der Waals surface area contributed by atoms with Crippen molar-refractivity contribution in [2.24, 2.45) is 0 Å². The third kappa shape index (κ3) is 3.62. The minimum absolute atomic E-state index is 0.227. The number of aryl methyl sites for hydroxylation is 1. The highest BCUT2D eigenvalue weighted by Crippen LogP contribution is 2.33. The first-order chi connectivity index (χ1) is 10.8. The number of aromatic nitrogens is 2. The number of anilines is 1. The van der Waals surface area contributed by atoms with Crippen molar-refractivity contribution in [3.63, 3.8) is 0 Å². The van der Waals surface area contributed by atoms with Gasteiger partial charge in [0.25, 0.3) is 11.8 Å². The molecule has 23 heavy (non-hydrogen) atoms. The molecule has 2 rings (SSSR count). The van der Waals surface area contributed by atoms with Crippen LogP contribution in [0.4, 0.5) is 5.69 Å². The summed E-state index contributed by atoms with van der Waals surface area (Å²) >= 11 is 6.06. The molecule has 2 N–H and O–H groups in total. The number of benzene rings is 1. The second-order valence-corrected chi connectivity index (χ2v) is 5.56. The van der Waals surface area contributed by atoms with Gasteiger partial charge in [-0.1, -0.05) is 11.6 Å². The number of carbonyl (C=O) groups is 2. The van der Waals surface area contributed by atoms with Crippen molar-refractivity contribution in [3.8, 4) is 5.75 Å². The van der Waals surface area contributed by atoms with Gasteiger partial charge in [-0.05, 0) is 25.1 Å². The Balaban J connectivity index is 2.41. The van der Waals surface area contributed by atoms with Crippen LogP contribution in [-0.2, 0) is 0 Å². The van der Waals surface area contributed by atoms with E-state index in [9.17, 15) is 9.59 Å². The molecule has 1 aromatic carbocycles. The summed E-state index contributed by atoms with van der Waals surface area (Å²) < 4.78 is 5.30. The van der Waals surface area contributed by atoms with E-state index in [2.05, 4.69) is 15.5 Å². The van der Waals surface area contributed by atoms with Crippen molar-refractivity contribution >= 4 is 29.1 Å². The van der Waals surface area contributed by atoms with Crippen LogP contribution in [0.15, 0.2) is 18.2 Å². The van der Waals surface area contributed by atoms with E-state index in [1.165, 1.54) is 24.1 Å². The summed E-state index contributed by atoms with van der Waals surface area (Å²) in [4.78, 5) is 25.9. The average Bonchev–Trinajstić information content (AvgIpc) is 2.92. The molecule has 0 aliphatic carbocycles. The molecule has 8 heteroatoms. The largest absolute Gasteiger partial charge is 0.494 e. The summed E-state index contributed by atoms with van der Waals surface area (Å²) in [6.07, 6.45) is 0. The second kappa shape index (κ2) is 6.70. The molecule has 1 aromatic heterocycles. The minimum Gasteiger partial charge on any atom is -0.494 e. The molecule has 0 saturated heterocycles. The number of amides is 2. The Morgan fingerprint density at radius 2 is 2.00 bits per heavy atom. The van der Waals surface area contributed by atoms with Crippen molar-refractivity contribution in [3.05, 3.63) is 40.2 Å². The van der Waals surface area contributed by atoms with E-state index in [0.717, 1.165) is 5.69 Å². The quantitative estimate of drug-likeness (QED) is 0.897. The number of H-pyrrole nitrogens is 1. The number of nitrogens with zero attached hydrogens (tertiary/aromatic N) is 2. The van der Waals surface area contributed by atoms with E-state index in [0.29, 0.717) is 10.7 Å². The Morgan fingerprint density at radius 3 is 2.52 bits per heavy atom. The van der Waals surface area contributed by atoms with Gasteiger partial charge < -0.3 is 15.0 Å². The third-order valence-corrected chi connectivity index (χ3v) is 3.30. The highest BCUT2D eigenvalue weighted by atomic mass is 35.5. The molecule has 122 valence electrons. The van der Waals surface area contributed by atoms with Crippen LogP contribution in [0.2, 0.25) is 5.02 Å². The Labute approximate surface area is 138 Å². The van der Waals surface area contributed by atoms with E-state index in [-0.39, 0.29) is 22.9 Å². The number of nitrogens with one attached hydrogen (secondary N) is 2. The Hall–Kier alpha value is -2.54. The molecule has 2 aromatic rings. The van der Waals surface area contributed by atoms with E-state index in [1.54, 1.807) is 27.1 Å². The topological polar surface area (TPSA) is 87.3 Å². The molecule has 7 nitrogen and oxygen atoms in total. The number of rotatable bonds is 4. The molecule has 0 unspecified atom stereocenters. The summed E-state index contributed by atoms with van der Waals surface area (Å²) in [5.74, 6) is -0.470. The molecule has 0 spiro atoms. The van der Waals surface area contributed by atoms with Gasteiger partial charge in [0.1, 0.15) is 0 Å². The first-order valence-electron chi connectivity index (χ1n) is 6.76. The van der Waals surface area contributed by atoms with Crippen LogP contribution in [-0.4, -0.2) is 48.1 Å². The molecule has 0 fully saturated rings. The second-order valence-electron chi connectivity index (χ2n) is 5.12. The van der Waals surface area contributed by atoms with Crippen LogP contribution < -0.4 is 10.1 Å². The lowest BCUT2D eigenvalue weighted by molar-refractivity contribution is 0.0824. The van der Waals surface area contributed by atoms with E-state index in [4.69, 9.17) is 16.3 Å². The molecule has 0 aliphatic rings. The SMILES string of the molecule is COc1c(NC(=O)c2cc(C)[nH]n2)cc(Cl)cc1C(=O)N(C)C. The standard InChI is InChI=1S/C15H17ClN4O3/c1-8-5-12(19-18-8)14(21)17-11-7-9(16)6-10(13(11)23-4)15(22)20(2)3/h5-7H,1-4H3,(H,17,21)(H,18,19). The molecule has 1 heterocycles. The molecule has 0 aliphatic heterocycles. The molecule has 0 bridgehead atoms. The maximum absolute atomic E-state index is 12.2. The van der Waals surface area contributed by atoms with Gasteiger partial charge in [-0.3, -0.25) is 14.7 Å². The highest BCUT2D eigenvalue weighted by Gasteiger charge is 2.21.